The number of furan rings is 1. The Bertz CT molecular complexity index is 490. The van der Waals surface area contributed by atoms with Crippen LogP contribution in [0.4, 0.5) is 0 Å². The third-order valence-electron chi connectivity index (χ3n) is 2.74. The number of hydrogen-bond acceptors (Lipinski definition) is 5. The van der Waals surface area contributed by atoms with E-state index in [4.69, 9.17) is 14.7 Å². The molecule has 2 N–H and O–H groups in total. The first-order valence-corrected chi connectivity index (χ1v) is 5.45. The molecule has 17 heavy (non-hydrogen) atoms. The first kappa shape index (κ1) is 12.1. The van der Waals surface area contributed by atoms with Gasteiger partial charge in [0.1, 0.15) is 12.0 Å². The van der Waals surface area contributed by atoms with Gasteiger partial charge >= 0.3 is 0 Å². The minimum Gasteiger partial charge on any atom is -0.467 e. The predicted molar refractivity (Wildman–Crippen MR) is 63.6 cm³/mol. The molecule has 0 aromatic carbocycles. The lowest BCUT2D eigenvalue weighted by Gasteiger charge is -1.85. The van der Waals surface area contributed by atoms with Gasteiger partial charge in [0.15, 0.2) is 5.82 Å². The molecule has 0 radical (unpaired) electrons. The Morgan fingerprint density at radius 3 is 2.88 bits per heavy atom. The summed E-state index contributed by atoms with van der Waals surface area (Å²) in [5, 5.41) is 3.95. The summed E-state index contributed by atoms with van der Waals surface area (Å²) in [6.45, 7) is 0.378. The average molecular weight is 256 g/mol. The Labute approximate surface area is 105 Å². The molecular weight excluding hydrogens is 242 g/mol. The SMILES string of the molecule is Cl.NCc1cc(-c2nc(CC3CC3)no2)co1. The summed E-state index contributed by atoms with van der Waals surface area (Å²) in [7, 11) is 0. The Balaban J connectivity index is 0.00000108. The number of nitrogens with zero attached hydrogens (tertiary/aromatic N) is 2. The lowest BCUT2D eigenvalue weighted by molar-refractivity contribution is 0.420. The molecule has 0 amide bonds. The minimum absolute atomic E-state index is 0. The van der Waals surface area contributed by atoms with Crippen LogP contribution in [0, 0.1) is 5.92 Å². The topological polar surface area (TPSA) is 78.1 Å². The summed E-state index contributed by atoms with van der Waals surface area (Å²) in [5.41, 5.74) is 6.26. The molecule has 92 valence electrons. The van der Waals surface area contributed by atoms with Crippen molar-refractivity contribution in [3.05, 3.63) is 23.9 Å². The van der Waals surface area contributed by atoms with E-state index in [9.17, 15) is 0 Å². The predicted octanol–water partition coefficient (Wildman–Crippen LogP) is 2.16. The van der Waals surface area contributed by atoms with Gasteiger partial charge in [-0.05, 0) is 24.8 Å². The molecule has 2 aromatic heterocycles. The van der Waals surface area contributed by atoms with Gasteiger partial charge in [0, 0.05) is 6.42 Å². The summed E-state index contributed by atoms with van der Waals surface area (Å²) < 4.78 is 10.4. The van der Waals surface area contributed by atoms with Crippen LogP contribution in [0.15, 0.2) is 21.3 Å². The Hall–Kier alpha value is -1.33. The first-order valence-electron chi connectivity index (χ1n) is 5.45. The van der Waals surface area contributed by atoms with Crippen molar-refractivity contribution in [2.45, 2.75) is 25.8 Å². The highest BCUT2D eigenvalue weighted by Gasteiger charge is 2.24. The normalized spacial score (nSPS) is 14.6. The van der Waals surface area contributed by atoms with E-state index in [0.29, 0.717) is 12.4 Å². The van der Waals surface area contributed by atoms with Crippen LogP contribution in [0.5, 0.6) is 0 Å². The van der Waals surface area contributed by atoms with Gasteiger partial charge in [-0.2, -0.15) is 4.98 Å². The van der Waals surface area contributed by atoms with Crippen LogP contribution in [-0.4, -0.2) is 10.1 Å². The van der Waals surface area contributed by atoms with E-state index in [2.05, 4.69) is 10.1 Å². The van der Waals surface area contributed by atoms with Gasteiger partial charge in [-0.1, -0.05) is 5.16 Å². The second-order valence-electron chi connectivity index (χ2n) is 4.17. The van der Waals surface area contributed by atoms with Gasteiger partial charge in [-0.15, -0.1) is 12.4 Å². The maximum absolute atomic E-state index is 5.46. The van der Waals surface area contributed by atoms with E-state index in [-0.39, 0.29) is 12.4 Å². The number of aromatic nitrogens is 2. The van der Waals surface area contributed by atoms with E-state index < -0.39 is 0 Å². The molecule has 2 aromatic rings. The van der Waals surface area contributed by atoms with Crippen molar-refractivity contribution < 1.29 is 8.94 Å². The fraction of sp³-hybridized carbons (Fsp3) is 0.455. The second-order valence-corrected chi connectivity index (χ2v) is 4.17. The number of nitrogens with two attached hydrogens (primary N) is 1. The number of halogens is 1. The van der Waals surface area contributed by atoms with Crippen molar-refractivity contribution >= 4 is 12.4 Å². The van der Waals surface area contributed by atoms with Crippen molar-refractivity contribution in [3.63, 3.8) is 0 Å². The molecule has 2 heterocycles. The molecule has 0 saturated heterocycles. The van der Waals surface area contributed by atoms with Crippen molar-refractivity contribution in [1.82, 2.24) is 10.1 Å². The Morgan fingerprint density at radius 2 is 2.24 bits per heavy atom. The van der Waals surface area contributed by atoms with Crippen LogP contribution in [0.25, 0.3) is 11.5 Å². The highest BCUT2D eigenvalue weighted by atomic mass is 35.5. The van der Waals surface area contributed by atoms with Gasteiger partial charge in [0.25, 0.3) is 5.89 Å². The molecule has 0 bridgehead atoms. The fourth-order valence-corrected chi connectivity index (χ4v) is 1.63. The zero-order valence-corrected chi connectivity index (χ0v) is 10.1. The highest BCUT2D eigenvalue weighted by Crippen LogP contribution is 2.32. The van der Waals surface area contributed by atoms with E-state index in [0.717, 1.165) is 29.5 Å². The quantitative estimate of drug-likeness (QED) is 0.906. The Kier molecular flexibility index (Phi) is 3.49. The molecule has 0 unspecified atom stereocenters. The third kappa shape index (κ3) is 2.68. The van der Waals surface area contributed by atoms with Gasteiger partial charge in [-0.3, -0.25) is 0 Å². The zero-order chi connectivity index (χ0) is 11.0. The van der Waals surface area contributed by atoms with Crippen LogP contribution < -0.4 is 5.73 Å². The van der Waals surface area contributed by atoms with Crippen molar-refractivity contribution in [1.29, 1.82) is 0 Å². The lowest BCUT2D eigenvalue weighted by atomic mass is 10.3. The van der Waals surface area contributed by atoms with E-state index in [1.165, 1.54) is 12.8 Å². The van der Waals surface area contributed by atoms with E-state index >= 15 is 0 Å². The zero-order valence-electron chi connectivity index (χ0n) is 9.26. The minimum atomic E-state index is 0. The van der Waals surface area contributed by atoms with Crippen LogP contribution in [0.2, 0.25) is 0 Å². The third-order valence-corrected chi connectivity index (χ3v) is 2.74. The average Bonchev–Trinajstić information content (AvgIpc) is 2.83. The van der Waals surface area contributed by atoms with Gasteiger partial charge < -0.3 is 14.7 Å². The molecule has 5 nitrogen and oxygen atoms in total. The second kappa shape index (κ2) is 4.89. The van der Waals surface area contributed by atoms with Gasteiger partial charge in [0.2, 0.25) is 0 Å². The summed E-state index contributed by atoms with van der Waals surface area (Å²) in [5.74, 6) is 2.78. The molecule has 0 aliphatic heterocycles. The molecule has 6 heteroatoms. The van der Waals surface area contributed by atoms with Crippen molar-refractivity contribution in [2.24, 2.45) is 11.7 Å². The summed E-state index contributed by atoms with van der Waals surface area (Å²) in [6, 6.07) is 1.83. The molecule has 1 aliphatic rings. The summed E-state index contributed by atoms with van der Waals surface area (Å²) in [6.07, 6.45) is 5.08. The summed E-state index contributed by atoms with van der Waals surface area (Å²) >= 11 is 0. The molecule has 1 aliphatic carbocycles. The summed E-state index contributed by atoms with van der Waals surface area (Å²) in [4.78, 5) is 4.33. The van der Waals surface area contributed by atoms with Crippen LogP contribution in [0.3, 0.4) is 0 Å². The van der Waals surface area contributed by atoms with Crippen LogP contribution in [0.1, 0.15) is 24.4 Å². The number of rotatable bonds is 4. The monoisotopic (exact) mass is 255 g/mol. The molecular formula is C11H14ClN3O2. The largest absolute Gasteiger partial charge is 0.467 e. The van der Waals surface area contributed by atoms with Crippen LogP contribution in [-0.2, 0) is 13.0 Å². The number of hydrogen-bond donors (Lipinski definition) is 1. The van der Waals surface area contributed by atoms with Gasteiger partial charge in [0.05, 0.1) is 12.1 Å². The van der Waals surface area contributed by atoms with Gasteiger partial charge in [-0.25, -0.2) is 0 Å². The van der Waals surface area contributed by atoms with Crippen molar-refractivity contribution in [2.75, 3.05) is 0 Å². The molecule has 0 atom stereocenters. The molecule has 1 fully saturated rings. The van der Waals surface area contributed by atoms with Crippen LogP contribution >= 0.6 is 12.4 Å². The lowest BCUT2D eigenvalue weighted by Crippen LogP contribution is -1.92. The smallest absolute Gasteiger partial charge is 0.261 e. The van der Waals surface area contributed by atoms with E-state index in [1.807, 2.05) is 6.07 Å². The molecule has 1 saturated carbocycles. The molecule has 0 spiro atoms. The fourth-order valence-electron chi connectivity index (χ4n) is 1.63. The maximum Gasteiger partial charge on any atom is 0.261 e. The standard InChI is InChI=1S/C11H13N3O2.ClH/c12-5-9-4-8(6-15-9)11-13-10(14-16-11)3-7-1-2-7;/h4,6-7H,1-3,5,12H2;1H. The molecule has 3 rings (SSSR count). The highest BCUT2D eigenvalue weighted by molar-refractivity contribution is 5.85. The first-order chi connectivity index (χ1) is 7.85. The van der Waals surface area contributed by atoms with Crippen molar-refractivity contribution in [3.8, 4) is 11.5 Å². The van der Waals surface area contributed by atoms with E-state index in [1.54, 1.807) is 6.26 Å². The maximum atomic E-state index is 5.46. The Morgan fingerprint density at radius 1 is 1.41 bits per heavy atom.